The van der Waals surface area contributed by atoms with Crippen molar-refractivity contribution in [2.24, 2.45) is 0 Å². The summed E-state index contributed by atoms with van der Waals surface area (Å²) in [5.41, 5.74) is 8.22. The summed E-state index contributed by atoms with van der Waals surface area (Å²) in [4.78, 5) is 16.8. The van der Waals surface area contributed by atoms with Crippen LogP contribution in [0, 0.1) is 6.92 Å². The second-order valence-corrected chi connectivity index (χ2v) is 5.61. The van der Waals surface area contributed by atoms with E-state index >= 15 is 0 Å². The zero-order chi connectivity index (χ0) is 14.2. The van der Waals surface area contributed by atoms with Gasteiger partial charge >= 0.3 is 0 Å². The highest BCUT2D eigenvalue weighted by atomic mass is 16.2. The van der Waals surface area contributed by atoms with Gasteiger partial charge in [-0.05, 0) is 39.4 Å². The average molecular weight is 261 g/mol. The van der Waals surface area contributed by atoms with Gasteiger partial charge in [0.05, 0.1) is 5.56 Å². The summed E-state index contributed by atoms with van der Waals surface area (Å²) >= 11 is 0. The molecule has 1 aliphatic rings. The van der Waals surface area contributed by atoms with Crippen LogP contribution in [0.3, 0.4) is 0 Å². The largest absolute Gasteiger partial charge is 0.398 e. The number of likely N-dealkylation sites (N-methyl/N-ethyl adjacent to an activating group) is 1. The fraction of sp³-hybridized carbons (Fsp3) is 0.533. The first-order valence-electron chi connectivity index (χ1n) is 6.78. The second-order valence-electron chi connectivity index (χ2n) is 5.61. The molecule has 1 heterocycles. The number of benzene rings is 1. The van der Waals surface area contributed by atoms with Crippen LogP contribution in [0.2, 0.25) is 0 Å². The summed E-state index contributed by atoms with van der Waals surface area (Å²) in [5, 5.41) is 0. The highest BCUT2D eigenvalue weighted by Gasteiger charge is 2.30. The molecular weight excluding hydrogens is 238 g/mol. The van der Waals surface area contributed by atoms with Gasteiger partial charge < -0.3 is 10.6 Å². The Labute approximate surface area is 115 Å². The van der Waals surface area contributed by atoms with E-state index < -0.39 is 0 Å². The first-order valence-corrected chi connectivity index (χ1v) is 6.78. The number of piperazine rings is 1. The Kier molecular flexibility index (Phi) is 3.80. The summed E-state index contributed by atoms with van der Waals surface area (Å²) in [6.45, 7) is 7.74. The number of hydrogen-bond acceptors (Lipinski definition) is 3. The first kappa shape index (κ1) is 13.9. The van der Waals surface area contributed by atoms with Gasteiger partial charge in [0, 0.05) is 30.9 Å². The lowest BCUT2D eigenvalue weighted by atomic mass is 10.0. The Morgan fingerprint density at radius 2 is 1.84 bits per heavy atom. The lowest BCUT2D eigenvalue weighted by Crippen LogP contribution is -2.56. The standard InChI is InChI=1S/C15H23N3O/c1-10-6-5-7-13(14(10)16)15(19)18-8-11(2)17(4)12(3)9-18/h5-7,11-12H,8-9,16H2,1-4H3. The van der Waals surface area contributed by atoms with E-state index in [1.165, 1.54) is 0 Å². The summed E-state index contributed by atoms with van der Waals surface area (Å²) in [7, 11) is 2.11. The molecule has 2 atom stereocenters. The Hall–Kier alpha value is -1.55. The Balaban J connectivity index is 2.23. The van der Waals surface area contributed by atoms with E-state index in [0.29, 0.717) is 23.3 Å². The predicted molar refractivity (Wildman–Crippen MR) is 78.2 cm³/mol. The van der Waals surface area contributed by atoms with Crippen LogP contribution in [0.5, 0.6) is 0 Å². The molecule has 19 heavy (non-hydrogen) atoms. The summed E-state index contributed by atoms with van der Waals surface area (Å²) < 4.78 is 0. The molecule has 2 unspecified atom stereocenters. The summed E-state index contributed by atoms with van der Waals surface area (Å²) in [5.74, 6) is 0.0491. The van der Waals surface area contributed by atoms with Crippen LogP contribution in [-0.4, -0.2) is 47.9 Å². The molecule has 1 fully saturated rings. The van der Waals surface area contributed by atoms with E-state index in [2.05, 4.69) is 25.8 Å². The molecule has 0 aromatic heterocycles. The van der Waals surface area contributed by atoms with E-state index in [0.717, 1.165) is 18.7 Å². The Morgan fingerprint density at radius 3 is 2.42 bits per heavy atom. The summed E-state index contributed by atoms with van der Waals surface area (Å²) in [6.07, 6.45) is 0. The van der Waals surface area contributed by atoms with Gasteiger partial charge in [-0.15, -0.1) is 0 Å². The first-order chi connectivity index (χ1) is 8.91. The molecule has 4 heteroatoms. The maximum Gasteiger partial charge on any atom is 0.256 e. The quantitative estimate of drug-likeness (QED) is 0.783. The van der Waals surface area contributed by atoms with E-state index in [-0.39, 0.29) is 5.91 Å². The van der Waals surface area contributed by atoms with Gasteiger partial charge in [-0.2, -0.15) is 0 Å². The van der Waals surface area contributed by atoms with Crippen molar-refractivity contribution in [3.63, 3.8) is 0 Å². The number of amides is 1. The maximum atomic E-state index is 12.6. The normalized spacial score (nSPS) is 24.5. The number of hydrogen-bond donors (Lipinski definition) is 1. The van der Waals surface area contributed by atoms with Gasteiger partial charge in [0.25, 0.3) is 5.91 Å². The number of aryl methyl sites for hydroxylation is 1. The van der Waals surface area contributed by atoms with Crippen molar-refractivity contribution >= 4 is 11.6 Å². The molecule has 1 aromatic rings. The van der Waals surface area contributed by atoms with Gasteiger partial charge in [0.2, 0.25) is 0 Å². The van der Waals surface area contributed by atoms with Gasteiger partial charge in [-0.25, -0.2) is 0 Å². The number of nitrogens with zero attached hydrogens (tertiary/aromatic N) is 2. The molecule has 1 aromatic carbocycles. The van der Waals surface area contributed by atoms with Crippen LogP contribution in [0.1, 0.15) is 29.8 Å². The highest BCUT2D eigenvalue weighted by molar-refractivity contribution is 5.99. The smallest absolute Gasteiger partial charge is 0.256 e. The van der Waals surface area contributed by atoms with Crippen molar-refractivity contribution in [1.82, 2.24) is 9.80 Å². The number of anilines is 1. The van der Waals surface area contributed by atoms with Gasteiger partial charge in [0.1, 0.15) is 0 Å². The maximum absolute atomic E-state index is 12.6. The van der Waals surface area contributed by atoms with Crippen LogP contribution in [0.4, 0.5) is 5.69 Å². The van der Waals surface area contributed by atoms with E-state index in [4.69, 9.17) is 5.73 Å². The second kappa shape index (κ2) is 5.21. The average Bonchev–Trinajstić information content (AvgIpc) is 2.38. The molecule has 104 valence electrons. The van der Waals surface area contributed by atoms with Crippen LogP contribution >= 0.6 is 0 Å². The molecule has 2 rings (SSSR count). The summed E-state index contributed by atoms with van der Waals surface area (Å²) in [6, 6.07) is 6.39. The number of para-hydroxylation sites is 1. The van der Waals surface area contributed by atoms with Gasteiger partial charge in [-0.3, -0.25) is 9.69 Å². The third-order valence-corrected chi connectivity index (χ3v) is 4.20. The molecule has 0 bridgehead atoms. The number of nitrogens with two attached hydrogens (primary N) is 1. The van der Waals surface area contributed by atoms with Crippen LogP contribution < -0.4 is 5.73 Å². The Morgan fingerprint density at radius 1 is 1.26 bits per heavy atom. The van der Waals surface area contributed by atoms with Crippen molar-refractivity contribution < 1.29 is 4.79 Å². The molecule has 2 N–H and O–H groups in total. The number of carbonyl (C=O) groups is 1. The zero-order valence-corrected chi connectivity index (χ0v) is 12.2. The predicted octanol–water partition coefficient (Wildman–Crippen LogP) is 1.74. The van der Waals surface area contributed by atoms with Crippen molar-refractivity contribution in [1.29, 1.82) is 0 Å². The molecule has 4 nitrogen and oxygen atoms in total. The molecule has 1 aliphatic heterocycles. The molecule has 0 radical (unpaired) electrons. The topological polar surface area (TPSA) is 49.6 Å². The van der Waals surface area contributed by atoms with E-state index in [1.54, 1.807) is 0 Å². The van der Waals surface area contributed by atoms with Gasteiger partial charge in [0.15, 0.2) is 0 Å². The third kappa shape index (κ3) is 2.59. The number of carbonyl (C=O) groups excluding carboxylic acids is 1. The fourth-order valence-electron chi connectivity index (χ4n) is 2.61. The highest BCUT2D eigenvalue weighted by Crippen LogP contribution is 2.21. The fourth-order valence-corrected chi connectivity index (χ4v) is 2.61. The van der Waals surface area contributed by atoms with E-state index in [1.807, 2.05) is 30.0 Å². The minimum absolute atomic E-state index is 0.0491. The van der Waals surface area contributed by atoms with E-state index in [9.17, 15) is 4.79 Å². The van der Waals surface area contributed by atoms with Gasteiger partial charge in [-0.1, -0.05) is 12.1 Å². The number of nitrogen functional groups attached to an aromatic ring is 1. The van der Waals surface area contributed by atoms with Crippen LogP contribution in [-0.2, 0) is 0 Å². The Bertz CT molecular complexity index is 474. The number of rotatable bonds is 1. The molecule has 1 amide bonds. The zero-order valence-electron chi connectivity index (χ0n) is 12.2. The molecule has 0 spiro atoms. The molecular formula is C15H23N3O. The third-order valence-electron chi connectivity index (χ3n) is 4.20. The van der Waals surface area contributed by atoms with Crippen molar-refractivity contribution in [2.75, 3.05) is 25.9 Å². The van der Waals surface area contributed by atoms with Crippen LogP contribution in [0.15, 0.2) is 18.2 Å². The molecule has 0 aliphatic carbocycles. The SMILES string of the molecule is Cc1cccc(C(=O)N2CC(C)N(C)C(C)C2)c1N. The van der Waals surface area contributed by atoms with Crippen molar-refractivity contribution in [2.45, 2.75) is 32.9 Å². The van der Waals surface area contributed by atoms with Crippen LogP contribution in [0.25, 0.3) is 0 Å². The minimum Gasteiger partial charge on any atom is -0.398 e. The molecule has 0 saturated carbocycles. The van der Waals surface area contributed by atoms with Crippen molar-refractivity contribution in [3.05, 3.63) is 29.3 Å². The lowest BCUT2D eigenvalue weighted by molar-refractivity contribution is 0.0415. The lowest BCUT2D eigenvalue weighted by Gasteiger charge is -2.42. The monoisotopic (exact) mass is 261 g/mol. The van der Waals surface area contributed by atoms with Crippen molar-refractivity contribution in [3.8, 4) is 0 Å². The minimum atomic E-state index is 0.0491. The molecule has 1 saturated heterocycles.